The number of aromatic nitrogens is 1. The fraction of sp³-hybridized carbons (Fsp3) is 0.471. The van der Waals surface area contributed by atoms with E-state index in [4.69, 9.17) is 0 Å². The second-order valence-electron chi connectivity index (χ2n) is 6.09. The van der Waals surface area contributed by atoms with Gasteiger partial charge in [0, 0.05) is 32.4 Å². The average molecular weight is 315 g/mol. The highest BCUT2D eigenvalue weighted by atomic mass is 32.1. The van der Waals surface area contributed by atoms with Crippen LogP contribution in [0.3, 0.4) is 0 Å². The molecule has 1 amide bonds. The minimum Gasteiger partial charge on any atom is -0.336 e. The van der Waals surface area contributed by atoms with E-state index in [1.807, 2.05) is 22.5 Å². The molecule has 4 heterocycles. The van der Waals surface area contributed by atoms with Crippen LogP contribution in [0.4, 0.5) is 0 Å². The molecular weight excluding hydrogens is 294 g/mol. The molecule has 0 spiro atoms. The number of carbonyl (C=O) groups is 1. The van der Waals surface area contributed by atoms with Gasteiger partial charge in [0.1, 0.15) is 5.69 Å². The third kappa shape index (κ3) is 2.88. The third-order valence-electron chi connectivity index (χ3n) is 4.61. The van der Waals surface area contributed by atoms with Crippen LogP contribution in [-0.2, 0) is 0 Å². The monoisotopic (exact) mass is 315 g/mol. The predicted molar refractivity (Wildman–Crippen MR) is 90.0 cm³/mol. The number of carbonyl (C=O) groups excluding carboxylic acids is 1. The highest BCUT2D eigenvalue weighted by Crippen LogP contribution is 2.23. The SMILES string of the molecule is O=C(c1cc2ccsc2cn1)N1CCN2CCCC(C2)C1.[CH2]. The van der Waals surface area contributed by atoms with Crippen LogP contribution in [-0.4, -0.2) is 53.4 Å². The number of piperidine rings is 1. The Kier molecular flexibility index (Phi) is 4.45. The summed E-state index contributed by atoms with van der Waals surface area (Å²) in [4.78, 5) is 21.6. The summed E-state index contributed by atoms with van der Waals surface area (Å²) in [5, 5.41) is 3.17. The predicted octanol–water partition coefficient (Wildman–Crippen LogP) is 2.79. The molecule has 2 atom stereocenters. The molecule has 0 aliphatic carbocycles. The number of pyridine rings is 1. The van der Waals surface area contributed by atoms with Gasteiger partial charge in [0.2, 0.25) is 0 Å². The molecule has 5 heteroatoms. The van der Waals surface area contributed by atoms with Crippen LogP contribution in [0.2, 0.25) is 0 Å². The zero-order valence-electron chi connectivity index (χ0n) is 12.7. The molecule has 4 nitrogen and oxygen atoms in total. The number of hydrogen-bond donors (Lipinski definition) is 0. The van der Waals surface area contributed by atoms with Gasteiger partial charge in [0.15, 0.2) is 0 Å². The van der Waals surface area contributed by atoms with Crippen molar-refractivity contribution in [3.05, 3.63) is 36.8 Å². The molecule has 0 saturated carbocycles. The number of thiophene rings is 1. The fourth-order valence-corrected chi connectivity index (χ4v) is 4.24. The molecule has 0 N–H and O–H groups in total. The van der Waals surface area contributed by atoms with Crippen molar-refractivity contribution in [1.29, 1.82) is 0 Å². The van der Waals surface area contributed by atoms with Gasteiger partial charge in [0.25, 0.3) is 5.91 Å². The van der Waals surface area contributed by atoms with Crippen LogP contribution in [0.15, 0.2) is 23.7 Å². The van der Waals surface area contributed by atoms with Crippen molar-refractivity contribution in [1.82, 2.24) is 14.8 Å². The Bertz CT molecular complexity index is 669. The molecule has 2 saturated heterocycles. The molecule has 2 bridgehead atoms. The van der Waals surface area contributed by atoms with Gasteiger partial charge in [-0.05, 0) is 48.2 Å². The first-order chi connectivity index (χ1) is 10.3. The Morgan fingerprint density at radius 3 is 3.09 bits per heavy atom. The van der Waals surface area contributed by atoms with E-state index < -0.39 is 0 Å². The van der Waals surface area contributed by atoms with E-state index in [-0.39, 0.29) is 13.3 Å². The zero-order chi connectivity index (χ0) is 14.2. The van der Waals surface area contributed by atoms with Crippen LogP contribution in [0.5, 0.6) is 0 Å². The summed E-state index contributed by atoms with van der Waals surface area (Å²) in [6, 6.07) is 3.99. The van der Waals surface area contributed by atoms with Gasteiger partial charge in [-0.1, -0.05) is 7.43 Å². The second kappa shape index (κ2) is 6.34. The van der Waals surface area contributed by atoms with Crippen molar-refractivity contribution in [3.8, 4) is 0 Å². The van der Waals surface area contributed by atoms with Crippen molar-refractivity contribution in [2.24, 2.45) is 5.92 Å². The van der Waals surface area contributed by atoms with Crippen LogP contribution >= 0.6 is 11.3 Å². The number of fused-ring (bicyclic) bond motifs is 3. The molecule has 0 aromatic carbocycles. The van der Waals surface area contributed by atoms with Crippen LogP contribution < -0.4 is 0 Å². The Hall–Kier alpha value is -1.46. The topological polar surface area (TPSA) is 36.4 Å². The molecular formula is C17H21N3OS. The van der Waals surface area contributed by atoms with Gasteiger partial charge >= 0.3 is 0 Å². The molecule has 2 aromatic rings. The quantitative estimate of drug-likeness (QED) is 0.812. The maximum atomic E-state index is 12.8. The van der Waals surface area contributed by atoms with Gasteiger partial charge in [-0.15, -0.1) is 11.3 Å². The first-order valence-corrected chi connectivity index (χ1v) is 8.52. The second-order valence-corrected chi connectivity index (χ2v) is 7.04. The van der Waals surface area contributed by atoms with Crippen molar-refractivity contribution in [2.45, 2.75) is 12.8 Å². The van der Waals surface area contributed by atoms with E-state index >= 15 is 0 Å². The lowest BCUT2D eigenvalue weighted by Gasteiger charge is -2.29. The van der Waals surface area contributed by atoms with Crippen LogP contribution in [0.1, 0.15) is 23.3 Å². The normalized spacial score (nSPS) is 24.6. The molecule has 2 aliphatic heterocycles. The molecule has 2 unspecified atom stereocenters. The molecule has 2 radical (unpaired) electrons. The van der Waals surface area contributed by atoms with Crippen LogP contribution in [0, 0.1) is 13.3 Å². The highest BCUT2D eigenvalue weighted by molar-refractivity contribution is 7.17. The Morgan fingerprint density at radius 1 is 1.27 bits per heavy atom. The van der Waals surface area contributed by atoms with Crippen molar-refractivity contribution in [2.75, 3.05) is 32.7 Å². The lowest BCUT2D eigenvalue weighted by Crippen LogP contribution is -2.36. The molecule has 2 aromatic heterocycles. The van der Waals surface area contributed by atoms with Crippen molar-refractivity contribution in [3.63, 3.8) is 0 Å². The van der Waals surface area contributed by atoms with Gasteiger partial charge in [-0.2, -0.15) is 0 Å². The van der Waals surface area contributed by atoms with Gasteiger partial charge < -0.3 is 9.80 Å². The number of nitrogens with zero attached hydrogens (tertiary/aromatic N) is 3. The molecule has 2 fully saturated rings. The lowest BCUT2D eigenvalue weighted by atomic mass is 9.98. The van der Waals surface area contributed by atoms with Crippen LogP contribution in [0.25, 0.3) is 10.1 Å². The van der Waals surface area contributed by atoms with E-state index in [9.17, 15) is 4.79 Å². The minimum absolute atomic E-state index is 0. The summed E-state index contributed by atoms with van der Waals surface area (Å²) >= 11 is 1.67. The summed E-state index contributed by atoms with van der Waals surface area (Å²) in [5.74, 6) is 0.729. The number of rotatable bonds is 1. The smallest absolute Gasteiger partial charge is 0.272 e. The summed E-state index contributed by atoms with van der Waals surface area (Å²) in [7, 11) is 0. The van der Waals surface area contributed by atoms with Crippen molar-refractivity contribution < 1.29 is 4.79 Å². The number of amides is 1. The summed E-state index contributed by atoms with van der Waals surface area (Å²) < 4.78 is 1.14. The maximum Gasteiger partial charge on any atom is 0.272 e. The third-order valence-corrected chi connectivity index (χ3v) is 5.48. The first-order valence-electron chi connectivity index (χ1n) is 7.64. The van der Waals surface area contributed by atoms with E-state index in [1.54, 1.807) is 11.3 Å². The van der Waals surface area contributed by atoms with E-state index in [1.165, 1.54) is 19.4 Å². The Morgan fingerprint density at radius 2 is 2.18 bits per heavy atom. The molecule has 116 valence electrons. The lowest BCUT2D eigenvalue weighted by molar-refractivity contribution is 0.0740. The average Bonchev–Trinajstić information content (AvgIpc) is 2.93. The minimum atomic E-state index is 0. The maximum absolute atomic E-state index is 12.8. The van der Waals surface area contributed by atoms with Gasteiger partial charge in [-0.3, -0.25) is 4.79 Å². The number of hydrogen-bond acceptors (Lipinski definition) is 4. The largest absolute Gasteiger partial charge is 0.336 e. The molecule has 22 heavy (non-hydrogen) atoms. The van der Waals surface area contributed by atoms with E-state index in [0.29, 0.717) is 11.6 Å². The summed E-state index contributed by atoms with van der Waals surface area (Å²) in [5.41, 5.74) is 0.590. The highest BCUT2D eigenvalue weighted by Gasteiger charge is 2.29. The zero-order valence-corrected chi connectivity index (χ0v) is 13.5. The Balaban J connectivity index is 0.00000144. The fourth-order valence-electron chi connectivity index (χ4n) is 3.50. The molecule has 2 aliphatic rings. The standard InChI is InChI=1S/C16H19N3OS.CH2/c20-16(14-8-13-3-7-21-15(13)9-17-14)19-6-5-18-4-1-2-12(10-18)11-19;/h3,7-9,12H,1-2,4-6,10-11H2;1H2. The van der Waals surface area contributed by atoms with E-state index in [2.05, 4.69) is 16.0 Å². The summed E-state index contributed by atoms with van der Waals surface area (Å²) in [6.07, 6.45) is 4.34. The summed E-state index contributed by atoms with van der Waals surface area (Å²) in [6.45, 7) is 5.07. The van der Waals surface area contributed by atoms with Gasteiger partial charge in [0.05, 0.1) is 4.70 Å². The van der Waals surface area contributed by atoms with E-state index in [0.717, 1.165) is 36.3 Å². The van der Waals surface area contributed by atoms with Crippen molar-refractivity contribution >= 4 is 27.3 Å². The first kappa shape index (κ1) is 15.4. The molecule has 4 rings (SSSR count). The van der Waals surface area contributed by atoms with Gasteiger partial charge in [-0.25, -0.2) is 4.98 Å². The Labute approximate surface area is 135 Å².